The zero-order chi connectivity index (χ0) is 18.8. The van der Waals surface area contributed by atoms with Gasteiger partial charge in [0.2, 0.25) is 0 Å². The van der Waals surface area contributed by atoms with E-state index in [4.69, 9.17) is 9.84 Å². The van der Waals surface area contributed by atoms with E-state index < -0.39 is 48.2 Å². The Morgan fingerprint density at radius 1 is 1.12 bits per heavy atom. The van der Waals surface area contributed by atoms with Gasteiger partial charge in [-0.3, -0.25) is 13.9 Å². The Labute approximate surface area is 147 Å². The van der Waals surface area contributed by atoms with Crippen LogP contribution in [0.3, 0.4) is 0 Å². The van der Waals surface area contributed by atoms with E-state index in [0.717, 1.165) is 21.4 Å². The number of ether oxygens (including phenoxy) is 1. The number of benzene rings is 1. The topological polar surface area (TPSA) is 114 Å². The van der Waals surface area contributed by atoms with Gasteiger partial charge in [-0.2, -0.15) is 0 Å². The molecule has 140 valence electrons. The van der Waals surface area contributed by atoms with Crippen molar-refractivity contribution >= 4 is 0 Å². The number of rotatable bonds is 5. The molecule has 4 atom stereocenters. The zero-order valence-corrected chi connectivity index (χ0v) is 13.7. The predicted molar refractivity (Wildman–Crippen MR) is 88.1 cm³/mol. The number of aliphatic hydroxyl groups is 3. The lowest BCUT2D eigenvalue weighted by Crippen LogP contribution is -2.43. The van der Waals surface area contributed by atoms with Crippen molar-refractivity contribution in [3.05, 3.63) is 68.7 Å². The monoisotopic (exact) mass is 366 g/mol. The van der Waals surface area contributed by atoms with Crippen molar-refractivity contribution in [2.75, 3.05) is 6.61 Å². The van der Waals surface area contributed by atoms with Crippen molar-refractivity contribution in [3.63, 3.8) is 0 Å². The number of hydrogen-bond acceptors (Lipinski definition) is 6. The molecule has 1 aliphatic heterocycles. The molecule has 9 heteroatoms. The SMILES string of the molecule is O=c1ccn([C@@H]2O[C@H](CO)[C@H](O)C2O)c(=O)n1CCc1ccccc1F. The van der Waals surface area contributed by atoms with Gasteiger partial charge in [-0.25, -0.2) is 9.18 Å². The maximum atomic E-state index is 13.7. The van der Waals surface area contributed by atoms with Gasteiger partial charge in [0.05, 0.1) is 6.61 Å². The van der Waals surface area contributed by atoms with Crippen molar-refractivity contribution < 1.29 is 24.4 Å². The molecule has 1 aromatic carbocycles. The Morgan fingerprint density at radius 2 is 1.85 bits per heavy atom. The molecule has 0 saturated carbocycles. The second-order valence-electron chi connectivity index (χ2n) is 6.07. The van der Waals surface area contributed by atoms with Gasteiger partial charge in [-0.1, -0.05) is 18.2 Å². The fourth-order valence-electron chi connectivity index (χ4n) is 2.97. The highest BCUT2D eigenvalue weighted by molar-refractivity contribution is 5.17. The number of halogens is 1. The van der Waals surface area contributed by atoms with Crippen molar-refractivity contribution in [2.45, 2.75) is 37.5 Å². The molecule has 0 radical (unpaired) electrons. The van der Waals surface area contributed by atoms with Crippen molar-refractivity contribution in [2.24, 2.45) is 0 Å². The highest BCUT2D eigenvalue weighted by Crippen LogP contribution is 2.27. The molecule has 0 aliphatic carbocycles. The molecule has 8 nitrogen and oxygen atoms in total. The third-order valence-electron chi connectivity index (χ3n) is 4.45. The van der Waals surface area contributed by atoms with Crippen molar-refractivity contribution in [1.82, 2.24) is 9.13 Å². The molecule has 1 aliphatic rings. The van der Waals surface area contributed by atoms with Gasteiger partial charge >= 0.3 is 5.69 Å². The lowest BCUT2D eigenvalue weighted by atomic mass is 10.1. The van der Waals surface area contributed by atoms with Gasteiger partial charge in [0.1, 0.15) is 24.1 Å². The molecule has 0 bridgehead atoms. The minimum absolute atomic E-state index is 0.0613. The molecule has 26 heavy (non-hydrogen) atoms. The second-order valence-corrected chi connectivity index (χ2v) is 6.07. The molecule has 3 rings (SSSR count). The highest BCUT2D eigenvalue weighted by atomic mass is 19.1. The molecule has 1 aromatic heterocycles. The van der Waals surface area contributed by atoms with Crippen LogP contribution in [-0.4, -0.2) is 49.4 Å². The van der Waals surface area contributed by atoms with Crippen LogP contribution in [-0.2, 0) is 17.7 Å². The van der Waals surface area contributed by atoms with Crippen molar-refractivity contribution in [3.8, 4) is 0 Å². The molecule has 1 saturated heterocycles. The average molecular weight is 366 g/mol. The van der Waals surface area contributed by atoms with Gasteiger partial charge in [0, 0.05) is 18.8 Å². The molecule has 0 amide bonds. The lowest BCUT2D eigenvalue weighted by molar-refractivity contribution is -0.0556. The number of hydrogen-bond donors (Lipinski definition) is 3. The van der Waals surface area contributed by atoms with E-state index in [1.54, 1.807) is 18.2 Å². The molecule has 2 heterocycles. The van der Waals surface area contributed by atoms with Gasteiger partial charge < -0.3 is 20.1 Å². The molecular formula is C17H19FN2O6. The van der Waals surface area contributed by atoms with E-state index in [-0.39, 0.29) is 13.0 Å². The van der Waals surface area contributed by atoms with Crippen LogP contribution in [0.2, 0.25) is 0 Å². The first-order valence-corrected chi connectivity index (χ1v) is 8.12. The Bertz CT molecular complexity index is 895. The van der Waals surface area contributed by atoms with E-state index in [0.29, 0.717) is 5.56 Å². The third kappa shape index (κ3) is 3.34. The summed E-state index contributed by atoms with van der Waals surface area (Å²) < 4.78 is 20.9. The quantitative estimate of drug-likeness (QED) is 0.626. The number of aromatic nitrogens is 2. The van der Waals surface area contributed by atoms with E-state index in [9.17, 15) is 24.2 Å². The van der Waals surface area contributed by atoms with E-state index in [2.05, 4.69) is 0 Å². The minimum Gasteiger partial charge on any atom is -0.394 e. The van der Waals surface area contributed by atoms with Gasteiger partial charge in [-0.15, -0.1) is 0 Å². The van der Waals surface area contributed by atoms with Crippen LogP contribution in [0.15, 0.2) is 46.1 Å². The summed E-state index contributed by atoms with van der Waals surface area (Å²) in [6.07, 6.45) is -3.80. The third-order valence-corrected chi connectivity index (χ3v) is 4.45. The number of aliphatic hydroxyl groups excluding tert-OH is 3. The van der Waals surface area contributed by atoms with Crippen LogP contribution in [0.4, 0.5) is 4.39 Å². The summed E-state index contributed by atoms with van der Waals surface area (Å²) in [4.78, 5) is 24.7. The van der Waals surface area contributed by atoms with Crippen LogP contribution in [0.5, 0.6) is 0 Å². The van der Waals surface area contributed by atoms with Crippen molar-refractivity contribution in [1.29, 1.82) is 0 Å². The number of nitrogens with zero attached hydrogens (tertiary/aromatic N) is 2. The first kappa shape index (κ1) is 18.5. The Balaban J connectivity index is 1.89. The average Bonchev–Trinajstić information content (AvgIpc) is 2.91. The van der Waals surface area contributed by atoms with Crippen LogP contribution < -0.4 is 11.2 Å². The van der Waals surface area contributed by atoms with Crippen LogP contribution in [0, 0.1) is 5.82 Å². The molecular weight excluding hydrogens is 347 g/mol. The van der Waals surface area contributed by atoms with Crippen LogP contribution in [0.1, 0.15) is 11.8 Å². The summed E-state index contributed by atoms with van der Waals surface area (Å²) in [6, 6.07) is 7.18. The molecule has 1 fully saturated rings. The summed E-state index contributed by atoms with van der Waals surface area (Å²) in [6.45, 7) is -0.593. The molecule has 2 aromatic rings. The Morgan fingerprint density at radius 3 is 2.50 bits per heavy atom. The maximum absolute atomic E-state index is 13.7. The molecule has 3 N–H and O–H groups in total. The van der Waals surface area contributed by atoms with Gasteiger partial charge in [0.15, 0.2) is 6.23 Å². The smallest absolute Gasteiger partial charge is 0.333 e. The van der Waals surface area contributed by atoms with E-state index >= 15 is 0 Å². The summed E-state index contributed by atoms with van der Waals surface area (Å²) >= 11 is 0. The largest absolute Gasteiger partial charge is 0.394 e. The van der Waals surface area contributed by atoms with E-state index in [1.165, 1.54) is 6.07 Å². The Hall–Kier alpha value is -2.33. The first-order valence-electron chi connectivity index (χ1n) is 8.12. The first-order chi connectivity index (χ1) is 12.4. The standard InChI is InChI=1S/C17H19FN2O6/c18-11-4-2-1-3-10(11)5-7-19-13(22)6-8-20(17(19)25)16-15(24)14(23)12(9-21)26-16/h1-4,6,8,12,14-16,21,23-24H,5,7,9H2/t12-,14+,15?,16-/m1/s1. The molecule has 1 unspecified atom stereocenters. The van der Waals surface area contributed by atoms with Gasteiger partial charge in [-0.05, 0) is 18.1 Å². The summed E-state index contributed by atoms with van der Waals surface area (Å²) in [5, 5.41) is 29.0. The zero-order valence-electron chi connectivity index (χ0n) is 13.7. The summed E-state index contributed by atoms with van der Waals surface area (Å²) in [7, 11) is 0. The second kappa shape index (κ2) is 7.50. The fraction of sp³-hybridized carbons (Fsp3) is 0.412. The Kier molecular flexibility index (Phi) is 5.33. The highest BCUT2D eigenvalue weighted by Gasteiger charge is 2.43. The van der Waals surface area contributed by atoms with Crippen LogP contribution >= 0.6 is 0 Å². The fourth-order valence-corrected chi connectivity index (χ4v) is 2.97. The lowest BCUT2D eigenvalue weighted by Gasteiger charge is -2.18. The van der Waals surface area contributed by atoms with E-state index in [1.807, 2.05) is 0 Å². The van der Waals surface area contributed by atoms with Gasteiger partial charge in [0.25, 0.3) is 5.56 Å². The summed E-state index contributed by atoms with van der Waals surface area (Å²) in [5.41, 5.74) is -0.972. The predicted octanol–water partition coefficient (Wildman–Crippen LogP) is -0.997. The number of aryl methyl sites for hydroxylation is 1. The maximum Gasteiger partial charge on any atom is 0.333 e. The van der Waals surface area contributed by atoms with Crippen LogP contribution in [0.25, 0.3) is 0 Å². The minimum atomic E-state index is -1.44. The normalized spacial score (nSPS) is 25.5. The summed E-state index contributed by atoms with van der Waals surface area (Å²) in [5.74, 6) is -0.430. The molecule has 0 spiro atoms.